The fourth-order valence-electron chi connectivity index (χ4n) is 4.22. The minimum absolute atomic E-state index is 0.0331. The Hall–Kier alpha value is -3.59. The molecule has 1 unspecified atom stereocenters. The molecule has 3 aliphatic rings. The first-order valence-electron chi connectivity index (χ1n) is 11.5. The number of amides is 1. The monoisotopic (exact) mass is 487 g/mol. The molecule has 0 saturated carbocycles. The van der Waals surface area contributed by atoms with Gasteiger partial charge in [0, 0.05) is 42.0 Å². The van der Waals surface area contributed by atoms with Gasteiger partial charge in [-0.05, 0) is 35.6 Å². The van der Waals surface area contributed by atoms with Crippen LogP contribution in [0.25, 0.3) is 33.9 Å². The Morgan fingerprint density at radius 3 is 2.66 bits per heavy atom. The minimum atomic E-state index is -0.395. The van der Waals surface area contributed by atoms with Crippen LogP contribution in [0.1, 0.15) is 31.9 Å². The first kappa shape index (κ1) is 23.2. The summed E-state index contributed by atoms with van der Waals surface area (Å²) < 4.78 is 1.76. The fourth-order valence-corrected chi connectivity index (χ4v) is 5.40. The standard InChI is InChI=1S/C26H29N7OS/c1-15-8-16(6-7-17(15)12-33-13-21(26(2,3)4)35-25(33)24(27)34)22-23-20(28-14-29-22)9-19(31-23)18-10-30-32(5)11-18/h6-11,13-14,25H,12H2,1-5H3,(H2,27,34)(H,28,29). The Labute approximate surface area is 209 Å². The van der Waals surface area contributed by atoms with Gasteiger partial charge in [0.25, 0.3) is 5.91 Å². The number of H-pyrrole nitrogens is 1. The Kier molecular flexibility index (Phi) is 5.67. The van der Waals surface area contributed by atoms with E-state index in [1.165, 1.54) is 0 Å². The highest BCUT2D eigenvalue weighted by Gasteiger charge is 2.34. The minimum Gasteiger partial charge on any atom is -0.367 e. The number of nitrogens with zero attached hydrogens (tertiary/aromatic N) is 5. The number of hydrogen-bond acceptors (Lipinski definition) is 6. The molecule has 1 aromatic carbocycles. The van der Waals surface area contributed by atoms with E-state index >= 15 is 0 Å². The zero-order chi connectivity index (χ0) is 24.9. The molecule has 0 fully saturated rings. The van der Waals surface area contributed by atoms with Gasteiger partial charge in [-0.15, -0.1) is 0 Å². The highest BCUT2D eigenvalue weighted by molar-refractivity contribution is 8.04. The third kappa shape index (κ3) is 4.43. The van der Waals surface area contributed by atoms with E-state index in [9.17, 15) is 4.79 Å². The van der Waals surface area contributed by atoms with Gasteiger partial charge in [0.05, 0.1) is 29.6 Å². The van der Waals surface area contributed by atoms with Crippen molar-refractivity contribution in [3.05, 3.63) is 65.2 Å². The summed E-state index contributed by atoms with van der Waals surface area (Å²) in [6.45, 7) is 9.14. The fraction of sp³-hybridized carbons (Fsp3) is 0.308. The number of fused-ring (bicyclic) bond motifs is 1. The van der Waals surface area contributed by atoms with Crippen molar-refractivity contribution >= 4 is 17.7 Å². The van der Waals surface area contributed by atoms with Crippen molar-refractivity contribution < 1.29 is 4.79 Å². The van der Waals surface area contributed by atoms with Crippen LogP contribution in [-0.2, 0) is 18.4 Å². The van der Waals surface area contributed by atoms with Crippen LogP contribution in [-0.4, -0.2) is 40.9 Å². The van der Waals surface area contributed by atoms with Gasteiger partial charge in [0.15, 0.2) is 5.37 Å². The van der Waals surface area contributed by atoms with Crippen molar-refractivity contribution in [2.24, 2.45) is 18.2 Å². The normalized spacial score (nSPS) is 16.2. The van der Waals surface area contributed by atoms with E-state index in [4.69, 9.17) is 10.7 Å². The molecular weight excluding hydrogens is 458 g/mol. The lowest BCUT2D eigenvalue weighted by atomic mass is 9.96. The molecule has 180 valence electrons. The van der Waals surface area contributed by atoms with E-state index < -0.39 is 5.37 Å². The number of allylic oxidation sites excluding steroid dienone is 1. The second-order valence-electron chi connectivity index (χ2n) is 9.99. The number of nitrogens with two attached hydrogens (primary N) is 1. The molecule has 0 bridgehead atoms. The molecular formula is C26H29N7OS. The number of thioether (sulfide) groups is 1. The Bertz CT molecular complexity index is 1410. The van der Waals surface area contributed by atoms with Crippen molar-refractivity contribution in [2.45, 2.75) is 39.6 Å². The molecule has 3 N–H and O–H groups in total. The highest BCUT2D eigenvalue weighted by Crippen LogP contribution is 2.44. The summed E-state index contributed by atoms with van der Waals surface area (Å²) in [5.41, 5.74) is 13.3. The van der Waals surface area contributed by atoms with Gasteiger partial charge < -0.3 is 15.6 Å². The van der Waals surface area contributed by atoms with Gasteiger partial charge in [0.1, 0.15) is 5.69 Å². The Morgan fingerprint density at radius 2 is 2.00 bits per heavy atom. The molecule has 9 heteroatoms. The molecule has 0 aliphatic carbocycles. The number of benzene rings is 1. The molecule has 0 radical (unpaired) electrons. The lowest BCUT2D eigenvalue weighted by Gasteiger charge is -2.23. The average molecular weight is 488 g/mol. The first-order valence-corrected chi connectivity index (χ1v) is 12.3. The number of nitrogens with one attached hydrogen (secondary N) is 1. The molecule has 1 aromatic heterocycles. The number of aromatic nitrogens is 5. The van der Waals surface area contributed by atoms with Gasteiger partial charge in [0.2, 0.25) is 0 Å². The SMILES string of the molecule is Cc1cc(-c2nc[nH]c3cc(-c4cnn(C)c4)nc2-3)ccc1CN1C=C(C(C)(C)C)SC1C(N)=O. The van der Waals surface area contributed by atoms with Crippen molar-refractivity contribution in [3.8, 4) is 33.9 Å². The predicted octanol–water partition coefficient (Wildman–Crippen LogP) is 4.53. The number of hydrogen-bond donors (Lipinski definition) is 2. The quantitative estimate of drug-likeness (QED) is 0.428. The zero-order valence-electron chi connectivity index (χ0n) is 20.5. The largest absolute Gasteiger partial charge is 0.367 e. The molecule has 8 nitrogen and oxygen atoms in total. The topological polar surface area (TPSA) is 106 Å². The molecule has 2 aromatic rings. The lowest BCUT2D eigenvalue weighted by molar-refractivity contribution is -0.119. The maximum Gasteiger partial charge on any atom is 0.251 e. The Balaban J connectivity index is 1.45. The summed E-state index contributed by atoms with van der Waals surface area (Å²) in [6.07, 6.45) is 7.54. The smallest absolute Gasteiger partial charge is 0.251 e. The van der Waals surface area contributed by atoms with Crippen molar-refractivity contribution in [1.29, 1.82) is 0 Å². The molecule has 1 atom stereocenters. The van der Waals surface area contributed by atoms with E-state index in [0.29, 0.717) is 6.54 Å². The van der Waals surface area contributed by atoms with Crippen LogP contribution in [0.3, 0.4) is 0 Å². The molecule has 5 rings (SSSR count). The van der Waals surface area contributed by atoms with Crippen LogP contribution in [0.15, 0.2) is 54.1 Å². The number of rotatable bonds is 5. The van der Waals surface area contributed by atoms with E-state index in [-0.39, 0.29) is 11.3 Å². The van der Waals surface area contributed by atoms with Crippen LogP contribution < -0.4 is 5.73 Å². The van der Waals surface area contributed by atoms with Gasteiger partial charge in [-0.2, -0.15) is 5.10 Å². The number of primary amides is 1. The molecule has 1 amide bonds. The summed E-state index contributed by atoms with van der Waals surface area (Å²) in [4.78, 5) is 28.0. The number of aromatic amines is 1. The summed E-state index contributed by atoms with van der Waals surface area (Å²) in [6, 6.07) is 8.32. The molecule has 0 saturated heterocycles. The molecule has 4 heterocycles. The predicted molar refractivity (Wildman–Crippen MR) is 139 cm³/mol. The van der Waals surface area contributed by atoms with E-state index in [1.807, 2.05) is 30.4 Å². The summed E-state index contributed by atoms with van der Waals surface area (Å²) >= 11 is 1.55. The second kappa shape index (κ2) is 8.57. The third-order valence-electron chi connectivity index (χ3n) is 6.18. The molecule has 35 heavy (non-hydrogen) atoms. The highest BCUT2D eigenvalue weighted by atomic mass is 32.2. The van der Waals surface area contributed by atoms with Crippen LogP contribution >= 0.6 is 11.8 Å². The van der Waals surface area contributed by atoms with Crippen molar-refractivity contribution in [3.63, 3.8) is 0 Å². The lowest BCUT2D eigenvalue weighted by Crippen LogP contribution is -2.36. The zero-order valence-corrected chi connectivity index (χ0v) is 21.3. The van der Waals surface area contributed by atoms with Crippen molar-refractivity contribution in [2.75, 3.05) is 0 Å². The van der Waals surface area contributed by atoms with Gasteiger partial charge in [-0.25, -0.2) is 9.97 Å². The summed E-state index contributed by atoms with van der Waals surface area (Å²) in [7, 11) is 1.89. The van der Waals surface area contributed by atoms with E-state index in [0.717, 1.165) is 49.9 Å². The van der Waals surface area contributed by atoms with Gasteiger partial charge in [-0.3, -0.25) is 9.48 Å². The summed E-state index contributed by atoms with van der Waals surface area (Å²) in [5.74, 6) is -0.321. The third-order valence-corrected chi connectivity index (χ3v) is 7.88. The van der Waals surface area contributed by atoms with Crippen LogP contribution in [0.4, 0.5) is 0 Å². The number of aryl methyl sites for hydroxylation is 2. The average Bonchev–Trinajstić information content (AvgIpc) is 3.52. The first-order chi connectivity index (χ1) is 16.6. The second-order valence-corrected chi connectivity index (χ2v) is 11.1. The maximum atomic E-state index is 12.1. The van der Waals surface area contributed by atoms with Crippen molar-refractivity contribution in [1.82, 2.24) is 29.6 Å². The summed E-state index contributed by atoms with van der Waals surface area (Å²) in [5, 5.41) is 3.86. The Morgan fingerprint density at radius 1 is 1.20 bits per heavy atom. The van der Waals surface area contributed by atoms with Crippen LogP contribution in [0, 0.1) is 12.3 Å². The van der Waals surface area contributed by atoms with Crippen LogP contribution in [0.2, 0.25) is 0 Å². The molecule has 0 spiro atoms. The maximum absolute atomic E-state index is 12.1. The number of carbonyl (C=O) groups is 1. The van der Waals surface area contributed by atoms with Gasteiger partial charge in [-0.1, -0.05) is 44.7 Å². The molecule has 3 aliphatic heterocycles. The van der Waals surface area contributed by atoms with Gasteiger partial charge >= 0.3 is 0 Å². The van der Waals surface area contributed by atoms with E-state index in [2.05, 4.69) is 67.2 Å². The number of carbonyl (C=O) groups excluding carboxylic acids is 1. The van der Waals surface area contributed by atoms with E-state index in [1.54, 1.807) is 22.8 Å². The van der Waals surface area contributed by atoms with Crippen LogP contribution in [0.5, 0.6) is 0 Å².